The molecule has 10 rings (SSSR count). The lowest BCUT2D eigenvalue weighted by atomic mass is 9.80. The number of hydrogen-bond acceptors (Lipinski definition) is 8. The molecule has 1 amide bonds. The number of hydrogen-bond donors (Lipinski definition) is 0. The second-order valence-electron chi connectivity index (χ2n) is 18.6. The number of amides is 1. The van der Waals surface area contributed by atoms with Gasteiger partial charge in [0, 0.05) is 94.4 Å². The summed E-state index contributed by atoms with van der Waals surface area (Å²) in [6, 6.07) is 17.3. The predicted molar refractivity (Wildman–Crippen MR) is 229 cm³/mol. The number of nitriles is 1. The second kappa shape index (κ2) is 14.1. The van der Waals surface area contributed by atoms with Gasteiger partial charge in [-0.25, -0.2) is 19.2 Å². The van der Waals surface area contributed by atoms with Crippen LogP contribution in [0.1, 0.15) is 99.9 Å². The van der Waals surface area contributed by atoms with Crippen molar-refractivity contribution < 1.29 is 13.9 Å². The van der Waals surface area contributed by atoms with Gasteiger partial charge < -0.3 is 19.2 Å². The number of halogens is 1. The van der Waals surface area contributed by atoms with Crippen molar-refractivity contribution in [3.63, 3.8) is 0 Å². The van der Waals surface area contributed by atoms with Gasteiger partial charge in [-0.2, -0.15) is 10.4 Å². The quantitative estimate of drug-likeness (QED) is 0.187. The summed E-state index contributed by atoms with van der Waals surface area (Å²) in [6.45, 7) is 10.7. The summed E-state index contributed by atoms with van der Waals surface area (Å²) in [6.07, 6.45) is 9.33. The summed E-state index contributed by atoms with van der Waals surface area (Å²) < 4.78 is 26.6. The monoisotopic (exact) mass is 811 g/mol. The summed E-state index contributed by atoms with van der Waals surface area (Å²) in [5.41, 5.74) is 6.27. The van der Waals surface area contributed by atoms with E-state index in [4.69, 9.17) is 9.84 Å². The van der Waals surface area contributed by atoms with Crippen LogP contribution in [-0.2, 0) is 16.8 Å². The minimum absolute atomic E-state index is 0.122. The van der Waals surface area contributed by atoms with E-state index in [-0.39, 0.29) is 29.3 Å². The lowest BCUT2D eigenvalue weighted by molar-refractivity contribution is 0.0670. The third-order valence-electron chi connectivity index (χ3n) is 14.4. The Morgan fingerprint density at radius 3 is 2.62 bits per heavy atom. The number of hydrazone groups is 1. The Kier molecular flexibility index (Phi) is 9.08. The van der Waals surface area contributed by atoms with Crippen LogP contribution in [0.15, 0.2) is 87.9 Å². The summed E-state index contributed by atoms with van der Waals surface area (Å²) >= 11 is 0. The topological polar surface area (TPSA) is 107 Å². The maximum Gasteiger partial charge on any atom is 0.334 e. The second-order valence-corrected chi connectivity index (χ2v) is 18.6. The number of fused-ring (bicyclic) bond motifs is 3. The molecule has 0 radical (unpaired) electrons. The van der Waals surface area contributed by atoms with E-state index in [1.54, 1.807) is 16.1 Å². The maximum atomic E-state index is 15.5. The number of hydrazine groups is 1. The summed E-state index contributed by atoms with van der Waals surface area (Å²) in [5, 5.41) is 23.1. The number of benzene rings is 2. The zero-order chi connectivity index (χ0) is 41.8. The first-order valence-corrected chi connectivity index (χ1v) is 21.6. The van der Waals surface area contributed by atoms with Gasteiger partial charge in [0.05, 0.1) is 28.9 Å². The highest BCUT2D eigenvalue weighted by atomic mass is 19.1. The van der Waals surface area contributed by atoms with Crippen molar-refractivity contribution in [1.29, 1.82) is 5.26 Å². The van der Waals surface area contributed by atoms with Gasteiger partial charge in [-0.05, 0) is 104 Å². The number of rotatable bonds is 7. The van der Waals surface area contributed by atoms with Crippen LogP contribution >= 0.6 is 0 Å². The highest BCUT2D eigenvalue weighted by Gasteiger charge is 2.57. The fourth-order valence-corrected chi connectivity index (χ4v) is 10.9. The minimum Gasteiger partial charge on any atom is -0.381 e. The lowest BCUT2D eigenvalue weighted by Crippen LogP contribution is -2.48. The number of likely N-dealkylation sites (tertiary alicyclic amines) is 1. The minimum atomic E-state index is -0.781. The number of imidazole rings is 1. The maximum absolute atomic E-state index is 15.5. The first kappa shape index (κ1) is 38.7. The van der Waals surface area contributed by atoms with Gasteiger partial charge in [0.25, 0.3) is 5.91 Å². The van der Waals surface area contributed by atoms with Gasteiger partial charge in [0.1, 0.15) is 23.2 Å². The molecule has 6 aliphatic rings. The molecule has 60 heavy (non-hydrogen) atoms. The molecule has 3 fully saturated rings. The van der Waals surface area contributed by atoms with Gasteiger partial charge in [0.15, 0.2) is 0 Å². The van der Waals surface area contributed by atoms with Crippen molar-refractivity contribution in [2.75, 3.05) is 45.4 Å². The molecule has 4 atom stereocenters. The molecule has 4 aromatic rings. The van der Waals surface area contributed by atoms with Gasteiger partial charge in [-0.15, -0.1) is 0 Å². The number of aromatic nitrogens is 3. The first-order chi connectivity index (χ1) is 28.8. The molecule has 0 bridgehead atoms. The zero-order valence-electron chi connectivity index (χ0n) is 35.5. The number of ether oxygens (including phenoxy) is 1. The molecule has 4 aliphatic heterocycles. The molecule has 0 N–H and O–H groups in total. The molecule has 2 saturated heterocycles. The van der Waals surface area contributed by atoms with Crippen molar-refractivity contribution in [3.8, 4) is 11.8 Å². The largest absolute Gasteiger partial charge is 0.381 e. The van der Waals surface area contributed by atoms with E-state index in [2.05, 4.69) is 53.3 Å². The van der Waals surface area contributed by atoms with Crippen LogP contribution in [0.4, 0.5) is 10.1 Å². The first-order valence-electron chi connectivity index (χ1n) is 21.6. The molecule has 312 valence electrons. The number of piperidine rings is 1. The fourth-order valence-electron chi connectivity index (χ4n) is 10.9. The molecule has 2 aromatic carbocycles. The van der Waals surface area contributed by atoms with Crippen molar-refractivity contribution in [2.45, 2.75) is 90.4 Å². The number of carbonyl (C=O) groups is 1. The van der Waals surface area contributed by atoms with Gasteiger partial charge >= 0.3 is 5.69 Å². The van der Waals surface area contributed by atoms with Crippen molar-refractivity contribution in [2.24, 2.45) is 22.4 Å². The molecular weight excluding hydrogens is 758 g/mol. The molecule has 3 unspecified atom stereocenters. The van der Waals surface area contributed by atoms with Crippen LogP contribution in [0, 0.1) is 28.6 Å². The van der Waals surface area contributed by atoms with E-state index in [0.29, 0.717) is 49.5 Å². The van der Waals surface area contributed by atoms with Crippen LogP contribution < -0.4 is 10.7 Å². The molecule has 13 heteroatoms. The van der Waals surface area contributed by atoms with Crippen molar-refractivity contribution >= 4 is 28.2 Å². The van der Waals surface area contributed by atoms with E-state index in [0.717, 1.165) is 78.3 Å². The Balaban J connectivity index is 1.03. The van der Waals surface area contributed by atoms with E-state index in [1.807, 2.05) is 73.0 Å². The van der Waals surface area contributed by atoms with E-state index in [1.165, 1.54) is 5.56 Å². The van der Waals surface area contributed by atoms with Crippen LogP contribution in [0.5, 0.6) is 0 Å². The lowest BCUT2D eigenvalue weighted by Gasteiger charge is -2.38. The van der Waals surface area contributed by atoms with Crippen LogP contribution in [-0.4, -0.2) is 80.6 Å². The number of nitrogens with zero attached hydrogens (tertiary/aromatic N) is 9. The molecular formula is C47H54FN9O3. The summed E-state index contributed by atoms with van der Waals surface area (Å²) in [7, 11) is 4.07. The molecule has 6 heterocycles. The standard InChI is InChI=1S/C47H54FN9O3/c1-7-34-24-47(34,28-49)56-40-10-8-31(30-13-18-60-19-14-30)21-32(40)23-41(56)44(58)53-15-12-38-37(27-53)43(57(50-38)36-20-29(2)42(48)46(3,4)25-36)55-17-16-54(45(55)59)35-9-11-39-33(22-35)26-51(5)52(39)6/h8-11,16-17,20-23,30,34,37,43H,7,12-15,18-19,24-27H2,1-6H3/t34?,37?,43?,47-/m1/s1. The van der Waals surface area contributed by atoms with Gasteiger partial charge in [-0.1, -0.05) is 26.8 Å². The third-order valence-corrected chi connectivity index (χ3v) is 14.4. The normalized spacial score (nSPS) is 26.6. The van der Waals surface area contributed by atoms with E-state index < -0.39 is 17.1 Å². The third kappa shape index (κ3) is 5.92. The predicted octanol–water partition coefficient (Wildman–Crippen LogP) is 7.82. The van der Waals surface area contributed by atoms with Crippen molar-refractivity contribution in [1.82, 2.24) is 28.6 Å². The Morgan fingerprint density at radius 2 is 1.88 bits per heavy atom. The number of anilines is 1. The SMILES string of the molecule is CCC1C[C@]1(C#N)n1c(C(=O)N2CCC3=NN(C4=CC(C)=C(F)C(C)(C)C4)C(n4ccn(-c5ccc6c(c5)CN(C)N6C)c4=O)C3C2)cc2cc(C3CCOCC3)ccc21. The smallest absolute Gasteiger partial charge is 0.334 e. The molecule has 2 aromatic heterocycles. The van der Waals surface area contributed by atoms with Crippen molar-refractivity contribution in [3.05, 3.63) is 105 Å². The van der Waals surface area contributed by atoms with Crippen LogP contribution in [0.25, 0.3) is 16.6 Å². The molecule has 0 spiro atoms. The number of carbonyl (C=O) groups excluding carboxylic acids is 1. The zero-order valence-corrected chi connectivity index (χ0v) is 35.5. The van der Waals surface area contributed by atoms with Gasteiger partial charge in [0.2, 0.25) is 0 Å². The highest BCUT2D eigenvalue weighted by Crippen LogP contribution is 2.54. The molecule has 2 aliphatic carbocycles. The number of allylic oxidation sites excluding steroid dienone is 4. The van der Waals surface area contributed by atoms with Gasteiger partial charge in [-0.3, -0.25) is 13.9 Å². The Morgan fingerprint density at radius 1 is 1.08 bits per heavy atom. The Hall–Kier alpha value is -5.45. The fraction of sp³-hybridized carbons (Fsp3) is 0.489. The summed E-state index contributed by atoms with van der Waals surface area (Å²) in [5.74, 6) is -0.0287. The highest BCUT2D eigenvalue weighted by molar-refractivity contribution is 6.01. The summed E-state index contributed by atoms with van der Waals surface area (Å²) in [4.78, 5) is 31.7. The van der Waals surface area contributed by atoms with E-state index >= 15 is 9.18 Å². The average molecular weight is 812 g/mol. The van der Waals surface area contributed by atoms with E-state index in [9.17, 15) is 10.1 Å². The van der Waals surface area contributed by atoms with Crippen LogP contribution in [0.3, 0.4) is 0 Å². The molecule has 1 saturated carbocycles. The molecule has 12 nitrogen and oxygen atoms in total. The van der Waals surface area contributed by atoms with Crippen LogP contribution in [0.2, 0.25) is 0 Å². The average Bonchev–Trinajstić information content (AvgIpc) is 3.52. The Labute approximate surface area is 350 Å². The Bertz CT molecular complexity index is 2640.